The van der Waals surface area contributed by atoms with Crippen molar-refractivity contribution in [1.82, 2.24) is 30.3 Å². The molecule has 112 valence electrons. The molecule has 21 heavy (non-hydrogen) atoms. The van der Waals surface area contributed by atoms with Crippen LogP contribution in [0.15, 0.2) is 30.7 Å². The normalized spacial score (nSPS) is 10.8. The van der Waals surface area contributed by atoms with Gasteiger partial charge in [-0.05, 0) is 31.2 Å². The first-order valence-electron chi connectivity index (χ1n) is 6.67. The van der Waals surface area contributed by atoms with Gasteiger partial charge in [-0.1, -0.05) is 5.21 Å². The first-order valence-corrected chi connectivity index (χ1v) is 6.67. The molecule has 8 heteroatoms. The summed E-state index contributed by atoms with van der Waals surface area (Å²) in [4.78, 5) is 17.5. The molecule has 1 amide bonds. The molecule has 0 atom stereocenters. The second-order valence-corrected chi connectivity index (χ2v) is 4.75. The minimum absolute atomic E-state index is 0.219. The van der Waals surface area contributed by atoms with Crippen LogP contribution in [0.1, 0.15) is 16.1 Å². The fraction of sp³-hybridized carbons (Fsp3) is 0.385. The van der Waals surface area contributed by atoms with Crippen molar-refractivity contribution < 1.29 is 4.79 Å². The van der Waals surface area contributed by atoms with Gasteiger partial charge in [0.15, 0.2) is 5.69 Å². The van der Waals surface area contributed by atoms with Crippen LogP contribution in [0.4, 0.5) is 0 Å². The quantitative estimate of drug-likeness (QED) is 0.403. The van der Waals surface area contributed by atoms with Crippen molar-refractivity contribution >= 4 is 5.91 Å². The molecular weight excluding hydrogens is 270 g/mol. The number of nitrogen functional groups attached to an aromatic ring is 1. The largest absolute Gasteiger partial charge is 0.304 e. The lowest BCUT2D eigenvalue weighted by Crippen LogP contribution is -2.30. The van der Waals surface area contributed by atoms with Crippen molar-refractivity contribution in [2.75, 3.05) is 20.1 Å². The number of aromatic nitrogens is 4. The smallest absolute Gasteiger partial charge is 0.287 e. The molecule has 0 radical (unpaired) electrons. The highest BCUT2D eigenvalue weighted by Gasteiger charge is 2.09. The van der Waals surface area contributed by atoms with Crippen molar-refractivity contribution in [1.29, 1.82) is 0 Å². The van der Waals surface area contributed by atoms with Gasteiger partial charge in [0, 0.05) is 25.5 Å². The molecule has 0 unspecified atom stereocenters. The van der Waals surface area contributed by atoms with E-state index in [1.165, 1.54) is 5.56 Å². The third kappa shape index (κ3) is 4.62. The Hall–Kier alpha value is -2.32. The number of rotatable bonds is 7. The zero-order valence-electron chi connectivity index (χ0n) is 11.9. The van der Waals surface area contributed by atoms with Crippen molar-refractivity contribution in [3.8, 4) is 0 Å². The molecule has 0 bridgehead atoms. The molecule has 2 aromatic rings. The number of carbonyl (C=O) groups excluding carboxylic acids is 1. The van der Waals surface area contributed by atoms with Crippen LogP contribution < -0.4 is 11.3 Å². The van der Waals surface area contributed by atoms with Crippen molar-refractivity contribution in [2.45, 2.75) is 13.0 Å². The SMILES string of the molecule is CN(CCc1ccncc1)CCn1cc(C(=O)NN)nn1. The van der Waals surface area contributed by atoms with E-state index in [-0.39, 0.29) is 5.69 Å². The van der Waals surface area contributed by atoms with Crippen LogP contribution in [0.3, 0.4) is 0 Å². The van der Waals surface area contributed by atoms with Gasteiger partial charge < -0.3 is 4.90 Å². The van der Waals surface area contributed by atoms with Crippen LogP contribution in [0.25, 0.3) is 0 Å². The van der Waals surface area contributed by atoms with E-state index in [9.17, 15) is 4.79 Å². The lowest BCUT2D eigenvalue weighted by atomic mass is 10.2. The van der Waals surface area contributed by atoms with Crippen LogP contribution in [0.5, 0.6) is 0 Å². The van der Waals surface area contributed by atoms with Crippen LogP contribution in [-0.2, 0) is 13.0 Å². The molecule has 0 spiro atoms. The van der Waals surface area contributed by atoms with Gasteiger partial charge in [-0.3, -0.25) is 19.9 Å². The lowest BCUT2D eigenvalue weighted by Gasteiger charge is -2.16. The van der Waals surface area contributed by atoms with Crippen LogP contribution >= 0.6 is 0 Å². The number of nitrogens with two attached hydrogens (primary N) is 1. The number of pyridine rings is 1. The molecule has 0 aliphatic rings. The van der Waals surface area contributed by atoms with E-state index in [1.807, 2.05) is 24.6 Å². The maximum Gasteiger partial charge on any atom is 0.287 e. The number of hydrazine groups is 1. The average molecular weight is 289 g/mol. The second-order valence-electron chi connectivity index (χ2n) is 4.75. The number of likely N-dealkylation sites (N-methyl/N-ethyl adjacent to an activating group) is 1. The minimum Gasteiger partial charge on any atom is -0.304 e. The predicted octanol–water partition coefficient (Wildman–Crippen LogP) is -0.549. The number of nitrogens with zero attached hydrogens (tertiary/aromatic N) is 5. The first-order chi connectivity index (χ1) is 10.2. The van der Waals surface area contributed by atoms with Gasteiger partial charge in [-0.2, -0.15) is 0 Å². The second kappa shape index (κ2) is 7.46. The first kappa shape index (κ1) is 15.1. The summed E-state index contributed by atoms with van der Waals surface area (Å²) < 4.78 is 1.63. The van der Waals surface area contributed by atoms with Crippen LogP contribution in [0, 0.1) is 0 Å². The number of carbonyl (C=O) groups is 1. The highest BCUT2D eigenvalue weighted by molar-refractivity contribution is 5.91. The Morgan fingerprint density at radius 1 is 1.38 bits per heavy atom. The Kier molecular flexibility index (Phi) is 5.35. The minimum atomic E-state index is -0.438. The number of nitrogens with one attached hydrogen (secondary N) is 1. The Morgan fingerprint density at radius 2 is 2.14 bits per heavy atom. The van der Waals surface area contributed by atoms with Crippen molar-refractivity contribution in [3.05, 3.63) is 42.0 Å². The van der Waals surface area contributed by atoms with E-state index in [0.717, 1.165) is 19.5 Å². The number of hydrogen-bond acceptors (Lipinski definition) is 6. The third-order valence-electron chi connectivity index (χ3n) is 3.14. The summed E-state index contributed by atoms with van der Waals surface area (Å²) in [5, 5.41) is 7.64. The monoisotopic (exact) mass is 289 g/mol. The van der Waals surface area contributed by atoms with E-state index in [0.29, 0.717) is 6.54 Å². The maximum absolute atomic E-state index is 11.3. The summed E-state index contributed by atoms with van der Waals surface area (Å²) in [6.07, 6.45) is 6.15. The molecule has 3 N–H and O–H groups in total. The Bertz CT molecular complexity index is 569. The summed E-state index contributed by atoms with van der Waals surface area (Å²) in [6.45, 7) is 2.42. The molecule has 0 saturated carbocycles. The van der Waals surface area contributed by atoms with Gasteiger partial charge in [-0.15, -0.1) is 5.10 Å². The maximum atomic E-state index is 11.3. The zero-order chi connectivity index (χ0) is 15.1. The average Bonchev–Trinajstić information content (AvgIpc) is 3.00. The van der Waals surface area contributed by atoms with Crippen LogP contribution in [-0.4, -0.2) is 50.9 Å². The van der Waals surface area contributed by atoms with Crippen molar-refractivity contribution in [2.24, 2.45) is 5.84 Å². The van der Waals surface area contributed by atoms with Gasteiger partial charge >= 0.3 is 0 Å². The third-order valence-corrected chi connectivity index (χ3v) is 3.14. The van der Waals surface area contributed by atoms with E-state index in [4.69, 9.17) is 5.84 Å². The van der Waals surface area contributed by atoms with E-state index >= 15 is 0 Å². The predicted molar refractivity (Wildman–Crippen MR) is 77.1 cm³/mol. The van der Waals surface area contributed by atoms with Crippen LogP contribution in [0.2, 0.25) is 0 Å². The summed E-state index contributed by atoms with van der Waals surface area (Å²) >= 11 is 0. The molecule has 0 fully saturated rings. The molecule has 2 rings (SSSR count). The van der Waals surface area contributed by atoms with E-state index in [2.05, 4.69) is 20.2 Å². The highest BCUT2D eigenvalue weighted by atomic mass is 16.2. The molecular formula is C13H19N7O. The number of hydrogen-bond donors (Lipinski definition) is 2. The summed E-state index contributed by atoms with van der Waals surface area (Å²) in [6, 6.07) is 4.03. The lowest BCUT2D eigenvalue weighted by molar-refractivity contribution is 0.0948. The fourth-order valence-corrected chi connectivity index (χ4v) is 1.84. The molecule has 8 nitrogen and oxygen atoms in total. The van der Waals surface area contributed by atoms with Gasteiger partial charge in [0.25, 0.3) is 5.91 Å². The molecule has 0 aliphatic carbocycles. The highest BCUT2D eigenvalue weighted by Crippen LogP contribution is 1.99. The van der Waals surface area contributed by atoms with Crippen molar-refractivity contribution in [3.63, 3.8) is 0 Å². The summed E-state index contributed by atoms with van der Waals surface area (Å²) in [5.41, 5.74) is 3.51. The molecule has 0 aromatic carbocycles. The van der Waals surface area contributed by atoms with E-state index in [1.54, 1.807) is 23.3 Å². The molecule has 2 heterocycles. The number of amides is 1. The Balaban J connectivity index is 1.75. The summed E-state index contributed by atoms with van der Waals surface area (Å²) in [5.74, 6) is 4.60. The molecule has 0 aliphatic heterocycles. The van der Waals surface area contributed by atoms with Gasteiger partial charge in [0.1, 0.15) is 0 Å². The molecule has 0 saturated heterocycles. The fourth-order valence-electron chi connectivity index (χ4n) is 1.84. The van der Waals surface area contributed by atoms with Gasteiger partial charge in [0.05, 0.1) is 12.7 Å². The Morgan fingerprint density at radius 3 is 2.86 bits per heavy atom. The zero-order valence-corrected chi connectivity index (χ0v) is 11.9. The van der Waals surface area contributed by atoms with Gasteiger partial charge in [0.2, 0.25) is 0 Å². The topological polar surface area (TPSA) is 102 Å². The molecule has 2 aromatic heterocycles. The van der Waals surface area contributed by atoms with Gasteiger partial charge in [-0.25, -0.2) is 5.84 Å². The Labute approximate surface area is 122 Å². The van der Waals surface area contributed by atoms with E-state index < -0.39 is 5.91 Å². The standard InChI is InChI=1S/C13H19N7O/c1-19(7-4-11-2-5-15-6-3-11)8-9-20-10-12(17-18-20)13(21)16-14/h2-3,5-6,10H,4,7-9,14H2,1H3,(H,16,21). The summed E-state index contributed by atoms with van der Waals surface area (Å²) in [7, 11) is 2.05.